The number of aromatic nitrogens is 2. The predicted octanol–water partition coefficient (Wildman–Crippen LogP) is 5.69. The fourth-order valence-corrected chi connectivity index (χ4v) is 2.79. The number of halogens is 1. The summed E-state index contributed by atoms with van der Waals surface area (Å²) in [5.41, 5.74) is 3.10. The van der Waals surface area contributed by atoms with E-state index in [2.05, 4.69) is 15.3 Å². The number of rotatable bonds is 5. The maximum atomic E-state index is 6.12. The Bertz CT molecular complexity index is 1030. The van der Waals surface area contributed by atoms with Crippen molar-refractivity contribution in [3.05, 3.63) is 89.8 Å². The molecule has 5 heteroatoms. The van der Waals surface area contributed by atoms with Crippen LogP contribution in [0.2, 0.25) is 5.02 Å². The molecule has 4 nitrogen and oxygen atoms in total. The van der Waals surface area contributed by atoms with Crippen molar-refractivity contribution in [2.24, 2.45) is 0 Å². The Morgan fingerprint density at radius 2 is 1.81 bits per heavy atom. The molecule has 0 unspecified atom stereocenters. The van der Waals surface area contributed by atoms with E-state index in [-0.39, 0.29) is 0 Å². The Hall–Kier alpha value is -3.11. The molecular weight excluding hydrogens is 346 g/mol. The molecule has 1 aromatic heterocycles. The Balaban J connectivity index is 1.41. The normalized spacial score (nSPS) is 10.7. The monoisotopic (exact) mass is 361 g/mol. The van der Waals surface area contributed by atoms with Crippen molar-refractivity contribution in [1.82, 2.24) is 9.97 Å². The summed E-state index contributed by atoms with van der Waals surface area (Å²) in [6.07, 6.45) is 3.37. The average Bonchev–Trinajstić information content (AvgIpc) is 2.69. The first-order valence-electron chi connectivity index (χ1n) is 8.23. The molecule has 1 heterocycles. The summed E-state index contributed by atoms with van der Waals surface area (Å²) < 4.78 is 5.81. The van der Waals surface area contributed by atoms with Crippen LogP contribution < -0.4 is 10.1 Å². The molecule has 4 aromatic rings. The molecule has 4 rings (SSSR count). The molecule has 26 heavy (non-hydrogen) atoms. The van der Waals surface area contributed by atoms with Crippen LogP contribution >= 0.6 is 11.6 Å². The second-order valence-electron chi connectivity index (χ2n) is 5.83. The van der Waals surface area contributed by atoms with Crippen molar-refractivity contribution < 1.29 is 4.74 Å². The summed E-state index contributed by atoms with van der Waals surface area (Å²) in [4.78, 5) is 8.31. The molecular formula is C21H16ClN3O. The van der Waals surface area contributed by atoms with Crippen molar-refractivity contribution in [2.45, 2.75) is 6.54 Å². The van der Waals surface area contributed by atoms with Gasteiger partial charge in [0.15, 0.2) is 0 Å². The fraction of sp³-hybridized carbons (Fsp3) is 0.0476. The molecule has 0 spiro atoms. The van der Waals surface area contributed by atoms with Crippen LogP contribution in [0.15, 0.2) is 79.3 Å². The molecule has 0 amide bonds. The van der Waals surface area contributed by atoms with Gasteiger partial charge in [-0.15, -0.1) is 0 Å². The molecule has 0 aliphatic carbocycles. The van der Waals surface area contributed by atoms with Crippen LogP contribution in [-0.4, -0.2) is 9.97 Å². The standard InChI is InChI=1S/C21H16ClN3O/c22-19-3-1-2-4-21(19)26-18-9-5-15(6-10-18)12-24-17-8-7-16-13-23-14-25-20(16)11-17/h1-11,13-14,24H,12H2. The maximum Gasteiger partial charge on any atom is 0.146 e. The number of para-hydroxylation sites is 1. The summed E-state index contributed by atoms with van der Waals surface area (Å²) in [6, 6.07) is 21.4. The predicted molar refractivity (Wildman–Crippen MR) is 105 cm³/mol. The smallest absolute Gasteiger partial charge is 0.146 e. The van der Waals surface area contributed by atoms with Crippen LogP contribution in [0.1, 0.15) is 5.56 Å². The lowest BCUT2D eigenvalue weighted by Gasteiger charge is -2.10. The third-order valence-corrected chi connectivity index (χ3v) is 4.30. The van der Waals surface area contributed by atoms with Gasteiger partial charge in [0.05, 0.1) is 10.5 Å². The number of hydrogen-bond donors (Lipinski definition) is 1. The average molecular weight is 362 g/mol. The van der Waals surface area contributed by atoms with E-state index < -0.39 is 0 Å². The zero-order chi connectivity index (χ0) is 17.8. The van der Waals surface area contributed by atoms with E-state index in [1.54, 1.807) is 6.33 Å². The number of nitrogens with zero attached hydrogens (tertiary/aromatic N) is 2. The lowest BCUT2D eigenvalue weighted by molar-refractivity contribution is 0.483. The van der Waals surface area contributed by atoms with Crippen LogP contribution in [-0.2, 0) is 6.54 Å². The quantitative estimate of drug-likeness (QED) is 0.496. The molecule has 0 saturated carbocycles. The van der Waals surface area contributed by atoms with Crippen molar-refractivity contribution in [3.8, 4) is 11.5 Å². The SMILES string of the molecule is Clc1ccccc1Oc1ccc(CNc2ccc3cncnc3c2)cc1. The minimum Gasteiger partial charge on any atom is -0.456 e. The highest BCUT2D eigenvalue weighted by molar-refractivity contribution is 6.32. The number of ether oxygens (including phenoxy) is 1. The maximum absolute atomic E-state index is 6.12. The van der Waals surface area contributed by atoms with Gasteiger partial charge < -0.3 is 10.1 Å². The van der Waals surface area contributed by atoms with E-state index >= 15 is 0 Å². The topological polar surface area (TPSA) is 47.0 Å². The Kier molecular flexibility index (Phi) is 4.67. The van der Waals surface area contributed by atoms with Crippen LogP contribution in [0, 0.1) is 0 Å². The second kappa shape index (κ2) is 7.42. The van der Waals surface area contributed by atoms with Gasteiger partial charge in [0.1, 0.15) is 17.8 Å². The molecule has 1 N–H and O–H groups in total. The number of nitrogens with one attached hydrogen (secondary N) is 1. The Morgan fingerprint density at radius 1 is 0.962 bits per heavy atom. The van der Waals surface area contributed by atoms with Crippen LogP contribution in [0.5, 0.6) is 11.5 Å². The van der Waals surface area contributed by atoms with Gasteiger partial charge >= 0.3 is 0 Å². The minimum atomic E-state index is 0.596. The largest absolute Gasteiger partial charge is 0.456 e. The van der Waals surface area contributed by atoms with E-state index in [4.69, 9.17) is 16.3 Å². The summed E-state index contributed by atoms with van der Waals surface area (Å²) >= 11 is 6.12. The van der Waals surface area contributed by atoms with Crippen LogP contribution in [0.3, 0.4) is 0 Å². The van der Waals surface area contributed by atoms with Gasteiger partial charge in [-0.25, -0.2) is 9.97 Å². The van der Waals surface area contributed by atoms with Gasteiger partial charge in [-0.1, -0.05) is 35.9 Å². The van der Waals surface area contributed by atoms with Gasteiger partial charge in [0.2, 0.25) is 0 Å². The summed E-state index contributed by atoms with van der Waals surface area (Å²) in [5, 5.41) is 5.03. The minimum absolute atomic E-state index is 0.596. The lowest BCUT2D eigenvalue weighted by atomic mass is 10.2. The van der Waals surface area contributed by atoms with Gasteiger partial charge in [0.25, 0.3) is 0 Å². The van der Waals surface area contributed by atoms with Crippen molar-refractivity contribution in [3.63, 3.8) is 0 Å². The molecule has 0 radical (unpaired) electrons. The number of fused-ring (bicyclic) bond motifs is 1. The first-order chi connectivity index (χ1) is 12.8. The number of benzene rings is 3. The molecule has 0 aliphatic rings. The third kappa shape index (κ3) is 3.76. The molecule has 0 fully saturated rings. The number of anilines is 1. The van der Waals surface area contributed by atoms with E-state index in [9.17, 15) is 0 Å². The highest BCUT2D eigenvalue weighted by atomic mass is 35.5. The van der Waals surface area contributed by atoms with Crippen LogP contribution in [0.4, 0.5) is 5.69 Å². The Labute approximate surface area is 156 Å². The summed E-state index contributed by atoms with van der Waals surface area (Å²) in [5.74, 6) is 1.41. The van der Waals surface area contributed by atoms with Gasteiger partial charge in [-0.05, 0) is 48.0 Å². The van der Waals surface area contributed by atoms with Crippen molar-refractivity contribution >= 4 is 28.2 Å². The third-order valence-electron chi connectivity index (χ3n) is 3.99. The molecule has 0 aliphatic heterocycles. The summed E-state index contributed by atoms with van der Waals surface area (Å²) in [6.45, 7) is 0.711. The lowest BCUT2D eigenvalue weighted by Crippen LogP contribution is -1.99. The molecule has 0 bridgehead atoms. The number of hydrogen-bond acceptors (Lipinski definition) is 4. The van der Waals surface area contributed by atoms with E-state index in [1.807, 2.05) is 72.9 Å². The van der Waals surface area contributed by atoms with Crippen molar-refractivity contribution in [1.29, 1.82) is 0 Å². The first kappa shape index (κ1) is 16.4. The van der Waals surface area contributed by atoms with E-state index in [0.717, 1.165) is 27.9 Å². The van der Waals surface area contributed by atoms with E-state index in [0.29, 0.717) is 17.3 Å². The molecule has 128 valence electrons. The van der Waals surface area contributed by atoms with Crippen molar-refractivity contribution in [2.75, 3.05) is 5.32 Å². The first-order valence-corrected chi connectivity index (χ1v) is 8.61. The fourth-order valence-electron chi connectivity index (χ4n) is 2.62. The van der Waals surface area contributed by atoms with Gasteiger partial charge in [-0.2, -0.15) is 0 Å². The molecule has 0 atom stereocenters. The summed E-state index contributed by atoms with van der Waals surface area (Å²) in [7, 11) is 0. The van der Waals surface area contributed by atoms with E-state index in [1.165, 1.54) is 0 Å². The van der Waals surface area contributed by atoms with Gasteiger partial charge in [0, 0.05) is 23.8 Å². The molecule has 3 aromatic carbocycles. The van der Waals surface area contributed by atoms with Crippen LogP contribution in [0.25, 0.3) is 10.9 Å². The highest BCUT2D eigenvalue weighted by Gasteiger charge is 2.03. The van der Waals surface area contributed by atoms with Gasteiger partial charge in [-0.3, -0.25) is 0 Å². The second-order valence-corrected chi connectivity index (χ2v) is 6.23. The molecule has 0 saturated heterocycles. The zero-order valence-electron chi connectivity index (χ0n) is 13.9. The Morgan fingerprint density at radius 3 is 2.65 bits per heavy atom. The zero-order valence-corrected chi connectivity index (χ0v) is 14.6. The highest BCUT2D eigenvalue weighted by Crippen LogP contribution is 2.29.